The van der Waals surface area contributed by atoms with E-state index in [2.05, 4.69) is 22.1 Å². The summed E-state index contributed by atoms with van der Waals surface area (Å²) in [6.07, 6.45) is 4.30. The minimum absolute atomic E-state index is 0.0980. The topological polar surface area (TPSA) is 71.3 Å². The van der Waals surface area contributed by atoms with Gasteiger partial charge in [-0.2, -0.15) is 0 Å². The van der Waals surface area contributed by atoms with Crippen LogP contribution in [0.5, 0.6) is 0 Å². The molecule has 4 heterocycles. The predicted octanol–water partition coefficient (Wildman–Crippen LogP) is 3.55. The molecule has 2 atom stereocenters. The maximum Gasteiger partial charge on any atom is 0.270 e. The lowest BCUT2D eigenvalue weighted by Crippen LogP contribution is -2.59. The minimum atomic E-state index is -0.373. The highest BCUT2D eigenvalue weighted by atomic mass is 16.6. The number of nitro benzene ring substituents is 1. The molecule has 3 saturated heterocycles. The van der Waals surface area contributed by atoms with Gasteiger partial charge in [-0.3, -0.25) is 15.0 Å². The lowest BCUT2D eigenvalue weighted by Gasteiger charge is -2.50. The Kier molecular flexibility index (Phi) is 4.13. The van der Waals surface area contributed by atoms with Gasteiger partial charge >= 0.3 is 0 Å². The molecule has 0 radical (unpaired) electrons. The average molecular weight is 338 g/mol. The number of hydrogen-bond donors (Lipinski definition) is 1. The first-order valence-electron chi connectivity index (χ1n) is 8.83. The lowest BCUT2D eigenvalue weighted by molar-refractivity contribution is -0.384. The third-order valence-corrected chi connectivity index (χ3v) is 5.65. The van der Waals surface area contributed by atoms with Gasteiger partial charge in [0.15, 0.2) is 0 Å². The van der Waals surface area contributed by atoms with Crippen molar-refractivity contribution in [3.63, 3.8) is 0 Å². The summed E-state index contributed by atoms with van der Waals surface area (Å²) in [6, 6.07) is 11.6. The number of non-ortho nitro benzene ring substituents is 1. The second-order valence-corrected chi connectivity index (χ2v) is 7.02. The van der Waals surface area contributed by atoms with Crippen LogP contribution in [0.25, 0.3) is 11.1 Å². The molecule has 0 spiro atoms. The van der Waals surface area contributed by atoms with E-state index in [-0.39, 0.29) is 10.6 Å². The molecule has 1 aromatic carbocycles. The fraction of sp³-hybridized carbons (Fsp3) is 0.421. The van der Waals surface area contributed by atoms with Crippen molar-refractivity contribution in [3.05, 3.63) is 52.7 Å². The van der Waals surface area contributed by atoms with E-state index in [1.165, 1.54) is 32.0 Å². The van der Waals surface area contributed by atoms with Crippen LogP contribution < -0.4 is 5.32 Å². The van der Waals surface area contributed by atoms with Crippen LogP contribution in [0.1, 0.15) is 19.8 Å². The Morgan fingerprint density at radius 2 is 2.00 bits per heavy atom. The normalized spacial score (nSPS) is 27.9. The Bertz CT molecular complexity index is 767. The molecule has 2 bridgehead atoms. The van der Waals surface area contributed by atoms with E-state index in [1.54, 1.807) is 18.3 Å². The number of nitrogens with zero attached hydrogens (tertiary/aromatic N) is 3. The number of pyridine rings is 1. The summed E-state index contributed by atoms with van der Waals surface area (Å²) in [4.78, 5) is 17.6. The second kappa shape index (κ2) is 6.44. The fourth-order valence-electron chi connectivity index (χ4n) is 4.17. The van der Waals surface area contributed by atoms with Gasteiger partial charge in [0, 0.05) is 36.0 Å². The monoisotopic (exact) mass is 338 g/mol. The van der Waals surface area contributed by atoms with E-state index < -0.39 is 0 Å². The first kappa shape index (κ1) is 16.0. The van der Waals surface area contributed by atoms with E-state index in [0.29, 0.717) is 12.1 Å². The van der Waals surface area contributed by atoms with Crippen LogP contribution in [-0.2, 0) is 0 Å². The molecule has 3 fully saturated rings. The van der Waals surface area contributed by atoms with Gasteiger partial charge in [0.05, 0.1) is 4.92 Å². The van der Waals surface area contributed by atoms with Gasteiger partial charge in [-0.25, -0.2) is 4.98 Å². The van der Waals surface area contributed by atoms with Crippen molar-refractivity contribution in [1.29, 1.82) is 0 Å². The highest BCUT2D eigenvalue weighted by Crippen LogP contribution is 2.34. The molecule has 0 unspecified atom stereocenters. The summed E-state index contributed by atoms with van der Waals surface area (Å²) in [7, 11) is 0. The maximum atomic E-state index is 10.9. The number of nitrogens with one attached hydrogen (secondary N) is 1. The van der Waals surface area contributed by atoms with Crippen molar-refractivity contribution in [2.24, 2.45) is 5.92 Å². The zero-order valence-electron chi connectivity index (χ0n) is 14.3. The summed E-state index contributed by atoms with van der Waals surface area (Å²) >= 11 is 0. The fourth-order valence-corrected chi connectivity index (χ4v) is 4.17. The Labute approximate surface area is 147 Å². The first-order chi connectivity index (χ1) is 12.1. The molecule has 6 nitrogen and oxygen atoms in total. The SMILES string of the molecule is C[C@@H]1[C@H](Nc2ccc(-c3cccc([N+](=O)[O-])c3)cn2)C2CCN1CC2. The smallest absolute Gasteiger partial charge is 0.270 e. The molecule has 3 aliphatic heterocycles. The van der Waals surface area contributed by atoms with Crippen molar-refractivity contribution < 1.29 is 4.92 Å². The minimum Gasteiger partial charge on any atom is -0.365 e. The third kappa shape index (κ3) is 3.09. The molecule has 0 saturated carbocycles. The van der Waals surface area contributed by atoms with Crippen LogP contribution in [0, 0.1) is 16.0 Å². The molecular formula is C19H22N4O2. The van der Waals surface area contributed by atoms with Crippen molar-refractivity contribution in [1.82, 2.24) is 9.88 Å². The van der Waals surface area contributed by atoms with Gasteiger partial charge in [0.25, 0.3) is 5.69 Å². The quantitative estimate of drug-likeness (QED) is 0.682. The largest absolute Gasteiger partial charge is 0.365 e. The lowest BCUT2D eigenvalue weighted by atomic mass is 9.79. The molecule has 2 aromatic rings. The van der Waals surface area contributed by atoms with Gasteiger partial charge in [0.2, 0.25) is 0 Å². The number of fused-ring (bicyclic) bond motifs is 3. The van der Waals surface area contributed by atoms with E-state index in [9.17, 15) is 10.1 Å². The zero-order valence-corrected chi connectivity index (χ0v) is 14.3. The number of aromatic nitrogens is 1. The van der Waals surface area contributed by atoms with Gasteiger partial charge in [0.1, 0.15) is 5.82 Å². The number of hydrogen-bond acceptors (Lipinski definition) is 5. The highest BCUT2D eigenvalue weighted by Gasteiger charge is 2.39. The Hall–Kier alpha value is -2.47. The zero-order chi connectivity index (χ0) is 17.4. The maximum absolute atomic E-state index is 10.9. The van der Waals surface area contributed by atoms with Crippen LogP contribution in [0.3, 0.4) is 0 Å². The van der Waals surface area contributed by atoms with Gasteiger partial charge < -0.3 is 5.32 Å². The summed E-state index contributed by atoms with van der Waals surface area (Å²) in [6.45, 7) is 4.72. The number of anilines is 1. The van der Waals surface area contributed by atoms with Crippen molar-refractivity contribution >= 4 is 11.5 Å². The average Bonchev–Trinajstić information content (AvgIpc) is 2.66. The van der Waals surface area contributed by atoms with Gasteiger partial charge in [-0.15, -0.1) is 0 Å². The van der Waals surface area contributed by atoms with Crippen LogP contribution in [0.15, 0.2) is 42.6 Å². The third-order valence-electron chi connectivity index (χ3n) is 5.65. The number of benzene rings is 1. The van der Waals surface area contributed by atoms with Crippen LogP contribution in [0.4, 0.5) is 11.5 Å². The summed E-state index contributed by atoms with van der Waals surface area (Å²) in [5.41, 5.74) is 1.79. The Morgan fingerprint density at radius 1 is 1.20 bits per heavy atom. The Balaban J connectivity index is 1.51. The molecule has 3 aliphatic rings. The van der Waals surface area contributed by atoms with E-state index in [0.717, 1.165) is 22.9 Å². The highest BCUT2D eigenvalue weighted by molar-refractivity contribution is 5.66. The Morgan fingerprint density at radius 3 is 2.64 bits per heavy atom. The van der Waals surface area contributed by atoms with E-state index in [1.807, 2.05) is 18.2 Å². The number of rotatable bonds is 4. The number of nitro groups is 1. The van der Waals surface area contributed by atoms with Crippen molar-refractivity contribution in [3.8, 4) is 11.1 Å². The molecule has 5 rings (SSSR count). The molecule has 25 heavy (non-hydrogen) atoms. The van der Waals surface area contributed by atoms with Gasteiger partial charge in [-0.05, 0) is 56.5 Å². The molecule has 130 valence electrons. The molecule has 6 heteroatoms. The summed E-state index contributed by atoms with van der Waals surface area (Å²) in [5, 5.41) is 14.5. The van der Waals surface area contributed by atoms with E-state index >= 15 is 0 Å². The molecule has 0 aliphatic carbocycles. The van der Waals surface area contributed by atoms with Crippen molar-refractivity contribution in [2.75, 3.05) is 18.4 Å². The standard InChI is InChI=1S/C19H22N4O2/c1-13-19(14-7-9-22(13)10-8-14)21-18-6-5-16(12-20-18)15-3-2-4-17(11-15)23(24)25/h2-6,11-14,19H,7-10H2,1H3,(H,20,21)/t13-,19+/m1/s1. The van der Waals surface area contributed by atoms with Crippen LogP contribution in [-0.4, -0.2) is 40.0 Å². The van der Waals surface area contributed by atoms with Crippen molar-refractivity contribution in [2.45, 2.75) is 31.8 Å². The predicted molar refractivity (Wildman–Crippen MR) is 97.5 cm³/mol. The van der Waals surface area contributed by atoms with Crippen LogP contribution in [0.2, 0.25) is 0 Å². The summed E-state index contributed by atoms with van der Waals surface area (Å²) < 4.78 is 0. The van der Waals surface area contributed by atoms with Crippen LogP contribution >= 0.6 is 0 Å². The second-order valence-electron chi connectivity index (χ2n) is 7.02. The summed E-state index contributed by atoms with van der Waals surface area (Å²) in [5.74, 6) is 1.60. The first-order valence-corrected chi connectivity index (χ1v) is 8.83. The molecule has 1 aromatic heterocycles. The molecule has 0 amide bonds. The van der Waals surface area contributed by atoms with Gasteiger partial charge in [-0.1, -0.05) is 12.1 Å². The molecule has 1 N–H and O–H groups in total. The van der Waals surface area contributed by atoms with E-state index in [4.69, 9.17) is 0 Å². The number of piperidine rings is 3. The molecular weight excluding hydrogens is 316 g/mol.